The van der Waals surface area contributed by atoms with Crippen molar-refractivity contribution < 1.29 is 4.84 Å². The van der Waals surface area contributed by atoms with Crippen molar-refractivity contribution in [2.75, 3.05) is 13.2 Å². The molecule has 3 heteroatoms. The topological polar surface area (TPSA) is 12.5 Å². The molecule has 1 rings (SSSR count). The Balaban J connectivity index is 1.91. The monoisotopic (exact) mass is 141 g/mol. The Hall–Kier alpha value is -0.0151. The van der Waals surface area contributed by atoms with Crippen LogP contribution in [0.4, 0.5) is 0 Å². The average molecular weight is 141 g/mol. The lowest BCUT2D eigenvalue weighted by molar-refractivity contribution is -0.0610. The highest BCUT2D eigenvalue weighted by molar-refractivity contribution is 6.32. The fourth-order valence-corrected chi connectivity index (χ4v) is 1.21. The third kappa shape index (κ3) is 2.71. The van der Waals surface area contributed by atoms with Crippen LogP contribution < -0.4 is 0 Å². The first-order valence-corrected chi connectivity index (χ1v) is 4.31. The fraction of sp³-hybridized carbons (Fsp3) is 1.00. The first-order valence-electron chi connectivity index (χ1n) is 4.31. The van der Waals surface area contributed by atoms with Crippen LogP contribution in [-0.2, 0) is 4.84 Å². The zero-order valence-corrected chi connectivity index (χ0v) is 6.81. The predicted molar refractivity (Wildman–Crippen MR) is 44.1 cm³/mol. The minimum atomic E-state index is 0.937. The van der Waals surface area contributed by atoms with Crippen molar-refractivity contribution >= 4 is 7.41 Å². The van der Waals surface area contributed by atoms with E-state index in [0.29, 0.717) is 0 Å². The van der Waals surface area contributed by atoms with Gasteiger partial charge in [0.2, 0.25) is 7.41 Å². The van der Waals surface area contributed by atoms with Crippen LogP contribution in [0.3, 0.4) is 0 Å². The zero-order valence-electron chi connectivity index (χ0n) is 6.81. The number of unbranched alkanes of at least 4 members (excludes halogenated alkanes) is 2. The molecule has 1 fully saturated rings. The first kappa shape index (κ1) is 8.09. The average Bonchev–Trinajstić information content (AvgIpc) is 2.41. The second-order valence-electron chi connectivity index (χ2n) is 2.82. The SMILES string of the molecule is CCCCCN1BCCO1. The van der Waals surface area contributed by atoms with Gasteiger partial charge in [-0.15, -0.1) is 0 Å². The van der Waals surface area contributed by atoms with E-state index in [1.165, 1.54) is 25.6 Å². The van der Waals surface area contributed by atoms with Crippen LogP contribution >= 0.6 is 0 Å². The number of nitrogens with zero attached hydrogens (tertiary/aromatic N) is 1. The van der Waals surface area contributed by atoms with E-state index in [1.54, 1.807) is 0 Å². The molecular weight excluding hydrogens is 125 g/mol. The van der Waals surface area contributed by atoms with Gasteiger partial charge in [0.15, 0.2) is 0 Å². The maximum atomic E-state index is 5.33. The molecular formula is C7H16BNO. The maximum Gasteiger partial charge on any atom is 0.241 e. The molecule has 1 aliphatic rings. The molecule has 0 atom stereocenters. The van der Waals surface area contributed by atoms with Crippen molar-refractivity contribution in [3.8, 4) is 0 Å². The smallest absolute Gasteiger partial charge is 0.241 e. The molecule has 1 saturated heterocycles. The molecule has 0 unspecified atom stereocenters. The summed E-state index contributed by atoms with van der Waals surface area (Å²) in [5.74, 6) is 0. The summed E-state index contributed by atoms with van der Waals surface area (Å²) in [4.78, 5) is 7.43. The van der Waals surface area contributed by atoms with Crippen LogP contribution in [0, 0.1) is 0 Å². The predicted octanol–water partition coefficient (Wildman–Crippen LogP) is 1.19. The van der Waals surface area contributed by atoms with Gasteiger partial charge in [-0.2, -0.15) is 0 Å². The van der Waals surface area contributed by atoms with Crippen molar-refractivity contribution in [2.45, 2.75) is 32.5 Å². The van der Waals surface area contributed by atoms with E-state index in [1.807, 2.05) is 0 Å². The Morgan fingerprint density at radius 3 is 3.00 bits per heavy atom. The zero-order chi connectivity index (χ0) is 7.23. The molecule has 0 radical (unpaired) electrons. The standard InChI is InChI=1S/C7H16BNO/c1-2-3-4-6-9-8-5-7-10-9/h8H,2-7H2,1H3. The van der Waals surface area contributed by atoms with Gasteiger partial charge in [0.05, 0.1) is 6.61 Å². The van der Waals surface area contributed by atoms with Gasteiger partial charge in [0.1, 0.15) is 0 Å². The van der Waals surface area contributed by atoms with Crippen molar-refractivity contribution in [1.82, 2.24) is 4.97 Å². The summed E-state index contributed by atoms with van der Waals surface area (Å²) < 4.78 is 0. The lowest BCUT2D eigenvalue weighted by Gasteiger charge is -2.12. The Morgan fingerprint density at radius 1 is 1.50 bits per heavy atom. The number of hydrogen-bond acceptors (Lipinski definition) is 2. The Labute approximate surface area is 63.8 Å². The molecule has 1 heterocycles. The molecule has 0 saturated carbocycles. The van der Waals surface area contributed by atoms with Gasteiger partial charge in [-0.1, -0.05) is 19.8 Å². The number of hydroxylamine groups is 1. The molecule has 0 aromatic heterocycles. The van der Waals surface area contributed by atoms with Gasteiger partial charge in [-0.25, -0.2) is 4.97 Å². The van der Waals surface area contributed by atoms with Crippen LogP contribution in [0.15, 0.2) is 0 Å². The normalized spacial score (nSPS) is 19.3. The summed E-state index contributed by atoms with van der Waals surface area (Å²) in [6.07, 6.45) is 5.14. The van der Waals surface area contributed by atoms with Gasteiger partial charge in [-0.05, 0) is 12.7 Å². The third-order valence-corrected chi connectivity index (χ3v) is 1.84. The molecule has 0 aromatic carbocycles. The van der Waals surface area contributed by atoms with Gasteiger partial charge < -0.3 is 4.84 Å². The molecule has 0 N–H and O–H groups in total. The third-order valence-electron chi connectivity index (χ3n) is 1.84. The van der Waals surface area contributed by atoms with E-state index in [9.17, 15) is 0 Å². The summed E-state index contributed by atoms with van der Waals surface area (Å²) in [6, 6.07) is 0. The van der Waals surface area contributed by atoms with Crippen molar-refractivity contribution in [1.29, 1.82) is 0 Å². The largest absolute Gasteiger partial charge is 0.312 e. The molecule has 0 aliphatic carbocycles. The quantitative estimate of drug-likeness (QED) is 0.430. The minimum Gasteiger partial charge on any atom is -0.312 e. The molecule has 0 bridgehead atoms. The van der Waals surface area contributed by atoms with E-state index < -0.39 is 0 Å². The minimum absolute atomic E-state index is 0.937. The summed E-state index contributed by atoms with van der Waals surface area (Å²) in [6.45, 7) is 4.30. The van der Waals surface area contributed by atoms with Gasteiger partial charge in [0.25, 0.3) is 0 Å². The van der Waals surface area contributed by atoms with Crippen molar-refractivity contribution in [2.24, 2.45) is 0 Å². The summed E-state index contributed by atoms with van der Waals surface area (Å²) >= 11 is 0. The van der Waals surface area contributed by atoms with Crippen LogP contribution in [0.5, 0.6) is 0 Å². The van der Waals surface area contributed by atoms with Crippen molar-refractivity contribution in [3.05, 3.63) is 0 Å². The van der Waals surface area contributed by atoms with Crippen molar-refractivity contribution in [3.63, 3.8) is 0 Å². The lowest BCUT2D eigenvalue weighted by Crippen LogP contribution is -2.21. The van der Waals surface area contributed by atoms with Crippen LogP contribution in [0.2, 0.25) is 6.32 Å². The summed E-state index contributed by atoms with van der Waals surface area (Å²) in [5, 5.41) is 0. The Morgan fingerprint density at radius 2 is 2.40 bits per heavy atom. The van der Waals surface area contributed by atoms with Crippen LogP contribution in [0.25, 0.3) is 0 Å². The Kier molecular flexibility index (Phi) is 3.84. The van der Waals surface area contributed by atoms with Gasteiger partial charge in [0, 0.05) is 6.54 Å². The Bertz CT molecular complexity index is 83.7. The molecule has 2 nitrogen and oxygen atoms in total. The molecule has 0 amide bonds. The molecule has 0 aromatic rings. The summed E-state index contributed by atoms with van der Waals surface area (Å²) in [5.41, 5.74) is 0. The summed E-state index contributed by atoms with van der Waals surface area (Å²) in [7, 11) is 1.14. The fourth-order valence-electron chi connectivity index (χ4n) is 1.21. The highest BCUT2D eigenvalue weighted by atomic mass is 16.7. The molecule has 1 aliphatic heterocycles. The molecule has 58 valence electrons. The van der Waals surface area contributed by atoms with E-state index >= 15 is 0 Å². The number of hydrogen-bond donors (Lipinski definition) is 0. The van der Waals surface area contributed by atoms with E-state index in [4.69, 9.17) is 4.84 Å². The molecule has 0 spiro atoms. The second-order valence-corrected chi connectivity index (χ2v) is 2.82. The number of rotatable bonds is 4. The van der Waals surface area contributed by atoms with Crippen LogP contribution in [-0.4, -0.2) is 25.5 Å². The van der Waals surface area contributed by atoms with E-state index in [2.05, 4.69) is 11.9 Å². The van der Waals surface area contributed by atoms with E-state index in [-0.39, 0.29) is 0 Å². The highest BCUT2D eigenvalue weighted by Gasteiger charge is 2.12. The van der Waals surface area contributed by atoms with Gasteiger partial charge >= 0.3 is 0 Å². The maximum absolute atomic E-state index is 5.33. The van der Waals surface area contributed by atoms with E-state index in [0.717, 1.165) is 20.6 Å². The molecule has 10 heavy (non-hydrogen) atoms. The van der Waals surface area contributed by atoms with Crippen LogP contribution in [0.1, 0.15) is 26.2 Å². The second kappa shape index (κ2) is 4.75. The highest BCUT2D eigenvalue weighted by Crippen LogP contribution is 2.04. The lowest BCUT2D eigenvalue weighted by atomic mass is 9.91. The van der Waals surface area contributed by atoms with Gasteiger partial charge in [-0.3, -0.25) is 0 Å². The first-order chi connectivity index (χ1) is 4.93.